The number of hydrogen-bond donors (Lipinski definition) is 1. The molecule has 0 radical (unpaired) electrons. The van der Waals surface area contributed by atoms with Crippen molar-refractivity contribution < 1.29 is 14.3 Å². The molecule has 0 saturated carbocycles. The van der Waals surface area contributed by atoms with Crippen LogP contribution in [0, 0.1) is 0 Å². The lowest BCUT2D eigenvalue weighted by atomic mass is 10.0. The average Bonchev–Trinajstić information content (AvgIpc) is 2.80. The molecular formula is C25H35N3O3. The number of hydrogen-bond acceptors (Lipinski definition) is 5. The fourth-order valence-corrected chi connectivity index (χ4v) is 3.96. The van der Waals surface area contributed by atoms with E-state index in [4.69, 9.17) is 9.47 Å². The molecular weight excluding hydrogens is 390 g/mol. The van der Waals surface area contributed by atoms with E-state index in [1.165, 1.54) is 11.1 Å². The quantitative estimate of drug-likeness (QED) is 0.668. The Morgan fingerprint density at radius 1 is 0.935 bits per heavy atom. The van der Waals surface area contributed by atoms with Crippen LogP contribution in [0.4, 0.5) is 0 Å². The summed E-state index contributed by atoms with van der Waals surface area (Å²) in [5.41, 5.74) is 3.66. The van der Waals surface area contributed by atoms with Gasteiger partial charge in [-0.2, -0.15) is 0 Å². The number of benzene rings is 2. The number of rotatable bonds is 9. The number of nitrogens with zero attached hydrogens (tertiary/aromatic N) is 2. The molecule has 0 unspecified atom stereocenters. The first kappa shape index (κ1) is 23.1. The first-order valence-electron chi connectivity index (χ1n) is 11.1. The zero-order valence-electron chi connectivity index (χ0n) is 19.2. The Morgan fingerprint density at radius 3 is 2.16 bits per heavy atom. The van der Waals surface area contributed by atoms with Crippen LogP contribution in [-0.2, 0) is 17.8 Å². The highest BCUT2D eigenvalue weighted by molar-refractivity contribution is 5.78. The maximum absolute atomic E-state index is 12.5. The van der Waals surface area contributed by atoms with Gasteiger partial charge in [-0.25, -0.2) is 0 Å². The Labute approximate surface area is 186 Å². The molecule has 1 fully saturated rings. The summed E-state index contributed by atoms with van der Waals surface area (Å²) in [6.07, 6.45) is 1.03. The van der Waals surface area contributed by atoms with Gasteiger partial charge in [-0.1, -0.05) is 37.3 Å². The number of aryl methyl sites for hydroxylation is 1. The summed E-state index contributed by atoms with van der Waals surface area (Å²) in [7, 11) is 3.31. The van der Waals surface area contributed by atoms with Crippen molar-refractivity contribution in [2.24, 2.45) is 0 Å². The first-order valence-corrected chi connectivity index (χ1v) is 11.1. The van der Waals surface area contributed by atoms with Crippen molar-refractivity contribution in [3.63, 3.8) is 0 Å². The smallest absolute Gasteiger partial charge is 0.234 e. The van der Waals surface area contributed by atoms with Crippen molar-refractivity contribution >= 4 is 5.91 Å². The number of piperazine rings is 1. The second kappa shape index (κ2) is 11.2. The van der Waals surface area contributed by atoms with Gasteiger partial charge < -0.3 is 14.8 Å². The van der Waals surface area contributed by atoms with Crippen LogP contribution in [0.5, 0.6) is 11.5 Å². The van der Waals surface area contributed by atoms with Crippen molar-refractivity contribution in [1.29, 1.82) is 0 Å². The van der Waals surface area contributed by atoms with Gasteiger partial charge in [0.15, 0.2) is 11.5 Å². The van der Waals surface area contributed by atoms with Crippen molar-refractivity contribution in [1.82, 2.24) is 15.1 Å². The Morgan fingerprint density at radius 2 is 1.55 bits per heavy atom. The van der Waals surface area contributed by atoms with Gasteiger partial charge in [0.2, 0.25) is 5.91 Å². The summed E-state index contributed by atoms with van der Waals surface area (Å²) >= 11 is 0. The van der Waals surface area contributed by atoms with Crippen molar-refractivity contribution in [3.8, 4) is 11.5 Å². The average molecular weight is 426 g/mol. The number of ether oxygens (including phenoxy) is 2. The lowest BCUT2D eigenvalue weighted by Gasteiger charge is -2.34. The van der Waals surface area contributed by atoms with E-state index in [0.717, 1.165) is 56.2 Å². The Kier molecular flexibility index (Phi) is 8.32. The van der Waals surface area contributed by atoms with Crippen LogP contribution in [0.1, 0.15) is 36.6 Å². The second-order valence-corrected chi connectivity index (χ2v) is 8.13. The fraction of sp³-hybridized carbons (Fsp3) is 0.480. The third kappa shape index (κ3) is 6.45. The molecule has 31 heavy (non-hydrogen) atoms. The number of carbonyl (C=O) groups excluding carboxylic acids is 1. The highest BCUT2D eigenvalue weighted by Crippen LogP contribution is 2.28. The number of methoxy groups -OCH3 is 2. The minimum absolute atomic E-state index is 0.0183. The molecule has 6 heteroatoms. The Bertz CT molecular complexity index is 846. The Balaban J connectivity index is 1.43. The standard InChI is InChI=1S/C25H35N3O3/c1-5-20-6-9-22(10-7-20)19(2)26-25(29)18-28-14-12-27(13-15-28)17-21-8-11-23(30-3)24(16-21)31-4/h6-11,16,19H,5,12-15,17-18H2,1-4H3,(H,26,29)/t19-/m0/s1. The maximum Gasteiger partial charge on any atom is 0.234 e. The van der Waals surface area contributed by atoms with Crippen LogP contribution in [0.15, 0.2) is 42.5 Å². The van der Waals surface area contributed by atoms with Gasteiger partial charge in [-0.3, -0.25) is 14.6 Å². The van der Waals surface area contributed by atoms with Crippen LogP contribution in [0.25, 0.3) is 0 Å². The molecule has 3 rings (SSSR count). The third-order valence-corrected chi connectivity index (χ3v) is 5.95. The molecule has 0 aliphatic carbocycles. The van der Waals surface area contributed by atoms with Crippen LogP contribution >= 0.6 is 0 Å². The van der Waals surface area contributed by atoms with Crippen LogP contribution < -0.4 is 14.8 Å². The molecule has 168 valence electrons. The van der Waals surface area contributed by atoms with E-state index < -0.39 is 0 Å². The zero-order chi connectivity index (χ0) is 22.2. The molecule has 1 heterocycles. The van der Waals surface area contributed by atoms with Crippen LogP contribution in [-0.4, -0.2) is 62.7 Å². The molecule has 1 amide bonds. The molecule has 6 nitrogen and oxygen atoms in total. The highest BCUT2D eigenvalue weighted by Gasteiger charge is 2.20. The van der Waals surface area contributed by atoms with Gasteiger partial charge in [0.05, 0.1) is 26.8 Å². The fourth-order valence-electron chi connectivity index (χ4n) is 3.96. The molecule has 0 bridgehead atoms. The molecule has 0 aromatic heterocycles. The topological polar surface area (TPSA) is 54.0 Å². The number of nitrogens with one attached hydrogen (secondary N) is 1. The normalized spacial score (nSPS) is 16.0. The number of carbonyl (C=O) groups is 1. The van der Waals surface area contributed by atoms with Crippen molar-refractivity contribution in [2.45, 2.75) is 32.9 Å². The van der Waals surface area contributed by atoms with E-state index in [9.17, 15) is 4.79 Å². The molecule has 1 aliphatic rings. The van der Waals surface area contributed by atoms with Gasteiger partial charge in [-0.15, -0.1) is 0 Å². The molecule has 2 aromatic carbocycles. The third-order valence-electron chi connectivity index (χ3n) is 5.95. The van der Waals surface area contributed by atoms with Gasteiger partial charge >= 0.3 is 0 Å². The lowest BCUT2D eigenvalue weighted by Crippen LogP contribution is -2.49. The highest BCUT2D eigenvalue weighted by atomic mass is 16.5. The maximum atomic E-state index is 12.5. The predicted octanol–water partition coefficient (Wildman–Crippen LogP) is 3.26. The largest absolute Gasteiger partial charge is 0.493 e. The van der Waals surface area contributed by atoms with Gasteiger partial charge in [0, 0.05) is 32.7 Å². The molecule has 0 spiro atoms. The summed E-state index contributed by atoms with van der Waals surface area (Å²) in [5, 5.41) is 3.14. The molecule has 1 atom stereocenters. The predicted molar refractivity (Wildman–Crippen MR) is 124 cm³/mol. The van der Waals surface area contributed by atoms with Crippen LogP contribution in [0.2, 0.25) is 0 Å². The minimum Gasteiger partial charge on any atom is -0.493 e. The van der Waals surface area contributed by atoms with E-state index in [1.54, 1.807) is 14.2 Å². The zero-order valence-corrected chi connectivity index (χ0v) is 19.2. The van der Waals surface area contributed by atoms with Crippen LogP contribution in [0.3, 0.4) is 0 Å². The van der Waals surface area contributed by atoms with Gasteiger partial charge in [-0.05, 0) is 42.2 Å². The Hall–Kier alpha value is -2.57. The number of amides is 1. The first-order chi connectivity index (χ1) is 15.0. The molecule has 1 N–H and O–H groups in total. The summed E-state index contributed by atoms with van der Waals surface area (Å²) in [5.74, 6) is 1.59. The molecule has 1 saturated heterocycles. The summed E-state index contributed by atoms with van der Waals surface area (Å²) in [6, 6.07) is 14.6. The minimum atomic E-state index is 0.0183. The van der Waals surface area contributed by atoms with Crippen molar-refractivity contribution in [2.75, 3.05) is 46.9 Å². The van der Waals surface area contributed by atoms with Gasteiger partial charge in [0.25, 0.3) is 0 Å². The van der Waals surface area contributed by atoms with Gasteiger partial charge in [0.1, 0.15) is 0 Å². The molecule has 2 aromatic rings. The van der Waals surface area contributed by atoms with E-state index in [0.29, 0.717) is 6.54 Å². The van der Waals surface area contributed by atoms with Crippen molar-refractivity contribution in [3.05, 3.63) is 59.2 Å². The monoisotopic (exact) mass is 425 g/mol. The lowest BCUT2D eigenvalue weighted by molar-refractivity contribution is -0.123. The summed E-state index contributed by atoms with van der Waals surface area (Å²) in [4.78, 5) is 17.2. The second-order valence-electron chi connectivity index (χ2n) is 8.13. The van der Waals surface area contributed by atoms with E-state index in [1.807, 2.05) is 19.1 Å². The van der Waals surface area contributed by atoms with E-state index in [-0.39, 0.29) is 11.9 Å². The summed E-state index contributed by atoms with van der Waals surface area (Å²) in [6.45, 7) is 9.16. The van der Waals surface area contributed by atoms with E-state index >= 15 is 0 Å². The molecule has 1 aliphatic heterocycles. The summed E-state index contributed by atoms with van der Waals surface area (Å²) < 4.78 is 10.7. The SMILES string of the molecule is CCc1ccc([C@H](C)NC(=O)CN2CCN(Cc3ccc(OC)c(OC)c3)CC2)cc1. The van der Waals surface area contributed by atoms with E-state index in [2.05, 4.69) is 52.4 Å².